The van der Waals surface area contributed by atoms with E-state index >= 15 is 0 Å². The summed E-state index contributed by atoms with van der Waals surface area (Å²) < 4.78 is 2.17. The molecule has 2 aromatic carbocycles. The fourth-order valence-corrected chi connectivity index (χ4v) is 3.77. The minimum atomic E-state index is -0.0125. The molecule has 0 saturated heterocycles. The molecule has 0 atom stereocenters. The average molecular weight is 409 g/mol. The van der Waals surface area contributed by atoms with E-state index < -0.39 is 0 Å². The zero-order chi connectivity index (χ0) is 20.8. The van der Waals surface area contributed by atoms with Crippen molar-refractivity contribution in [3.8, 4) is 16.9 Å². The summed E-state index contributed by atoms with van der Waals surface area (Å²) in [6, 6.07) is 18.0. The molecule has 0 aliphatic carbocycles. The molecule has 0 radical (unpaired) electrons. The first-order valence-corrected chi connectivity index (χ1v) is 10.7. The molecule has 29 heavy (non-hydrogen) atoms. The van der Waals surface area contributed by atoms with Crippen LogP contribution in [0.2, 0.25) is 5.02 Å². The van der Waals surface area contributed by atoms with Gasteiger partial charge in [0.05, 0.1) is 11.3 Å². The Labute approximate surface area is 178 Å². The van der Waals surface area contributed by atoms with Gasteiger partial charge in [0.25, 0.3) is 5.91 Å². The average Bonchev–Trinajstić information content (AvgIpc) is 3.06. The number of hydrogen-bond donors (Lipinski definition) is 1. The number of aromatic nitrogens is 1. The van der Waals surface area contributed by atoms with E-state index in [-0.39, 0.29) is 5.91 Å². The summed E-state index contributed by atoms with van der Waals surface area (Å²) in [5.41, 5.74) is 5.92. The Kier molecular flexibility index (Phi) is 7.16. The highest BCUT2D eigenvalue weighted by Crippen LogP contribution is 2.31. The molecule has 1 amide bonds. The van der Waals surface area contributed by atoms with Crippen molar-refractivity contribution < 1.29 is 4.79 Å². The van der Waals surface area contributed by atoms with Crippen LogP contribution < -0.4 is 5.32 Å². The van der Waals surface area contributed by atoms with E-state index in [0.29, 0.717) is 17.1 Å². The molecule has 1 heterocycles. The van der Waals surface area contributed by atoms with Gasteiger partial charge in [-0.25, -0.2) is 0 Å². The van der Waals surface area contributed by atoms with Gasteiger partial charge in [-0.3, -0.25) is 4.79 Å². The third-order valence-corrected chi connectivity index (χ3v) is 5.56. The van der Waals surface area contributed by atoms with Gasteiger partial charge in [0.15, 0.2) is 0 Å². The van der Waals surface area contributed by atoms with Crippen LogP contribution in [0.4, 0.5) is 0 Å². The molecule has 0 bridgehead atoms. The molecule has 1 aromatic heterocycles. The number of para-hydroxylation sites is 1. The maximum absolute atomic E-state index is 12.9. The summed E-state index contributed by atoms with van der Waals surface area (Å²) in [4.78, 5) is 12.9. The Morgan fingerprint density at radius 2 is 1.72 bits per heavy atom. The third-order valence-electron chi connectivity index (χ3n) is 5.30. The first-order chi connectivity index (χ1) is 14.0. The number of carbonyl (C=O) groups is 1. The molecule has 0 aliphatic heterocycles. The molecule has 0 aliphatic rings. The molecule has 152 valence electrons. The quantitative estimate of drug-likeness (QED) is 0.412. The van der Waals surface area contributed by atoms with E-state index in [1.165, 1.54) is 12.8 Å². The molecular formula is C25H29ClN2O. The minimum absolute atomic E-state index is 0.0125. The number of hydrogen-bond acceptors (Lipinski definition) is 1. The van der Waals surface area contributed by atoms with Gasteiger partial charge in [-0.2, -0.15) is 0 Å². The van der Waals surface area contributed by atoms with Crippen molar-refractivity contribution in [2.24, 2.45) is 0 Å². The Morgan fingerprint density at radius 3 is 2.41 bits per heavy atom. The molecule has 3 nitrogen and oxygen atoms in total. The van der Waals surface area contributed by atoms with Gasteiger partial charge in [0.1, 0.15) is 0 Å². The Morgan fingerprint density at radius 1 is 1.00 bits per heavy atom. The molecule has 0 saturated carbocycles. The number of carbonyl (C=O) groups excluding carboxylic acids is 1. The number of halogens is 1. The molecule has 0 spiro atoms. The highest BCUT2D eigenvalue weighted by atomic mass is 35.5. The van der Waals surface area contributed by atoms with E-state index in [9.17, 15) is 4.79 Å². The van der Waals surface area contributed by atoms with Gasteiger partial charge in [-0.1, -0.05) is 68.1 Å². The predicted molar refractivity (Wildman–Crippen MR) is 122 cm³/mol. The van der Waals surface area contributed by atoms with Gasteiger partial charge >= 0.3 is 0 Å². The van der Waals surface area contributed by atoms with Crippen molar-refractivity contribution in [1.82, 2.24) is 9.88 Å². The smallest absolute Gasteiger partial charge is 0.253 e. The monoisotopic (exact) mass is 408 g/mol. The zero-order valence-electron chi connectivity index (χ0n) is 17.5. The van der Waals surface area contributed by atoms with Crippen molar-refractivity contribution in [2.45, 2.75) is 46.5 Å². The maximum Gasteiger partial charge on any atom is 0.253 e. The van der Waals surface area contributed by atoms with Crippen molar-refractivity contribution >= 4 is 17.5 Å². The molecule has 3 rings (SSSR count). The molecular weight excluding hydrogens is 380 g/mol. The Balaban J connectivity index is 1.99. The van der Waals surface area contributed by atoms with Gasteiger partial charge in [-0.15, -0.1) is 0 Å². The summed E-state index contributed by atoms with van der Waals surface area (Å²) in [5, 5.41) is 3.79. The van der Waals surface area contributed by atoms with E-state index in [2.05, 4.69) is 35.9 Å². The number of amides is 1. The summed E-state index contributed by atoms with van der Waals surface area (Å²) in [5.74, 6) is -0.0125. The number of nitrogens with one attached hydrogen (secondary N) is 1. The predicted octanol–water partition coefficient (Wildman–Crippen LogP) is 6.72. The maximum atomic E-state index is 12.9. The highest BCUT2D eigenvalue weighted by Gasteiger charge is 2.20. The van der Waals surface area contributed by atoms with Crippen molar-refractivity contribution in [2.75, 3.05) is 6.54 Å². The lowest BCUT2D eigenvalue weighted by molar-refractivity contribution is 0.0952. The van der Waals surface area contributed by atoms with Crippen LogP contribution in [0, 0.1) is 13.8 Å². The first-order valence-electron chi connectivity index (χ1n) is 10.4. The van der Waals surface area contributed by atoms with E-state index in [4.69, 9.17) is 11.6 Å². The van der Waals surface area contributed by atoms with Crippen molar-refractivity contribution in [1.29, 1.82) is 0 Å². The second kappa shape index (κ2) is 9.80. The second-order valence-electron chi connectivity index (χ2n) is 7.47. The van der Waals surface area contributed by atoms with Gasteiger partial charge < -0.3 is 9.88 Å². The van der Waals surface area contributed by atoms with Crippen molar-refractivity contribution in [3.05, 3.63) is 76.4 Å². The van der Waals surface area contributed by atoms with E-state index in [1.54, 1.807) is 0 Å². The fourth-order valence-electron chi connectivity index (χ4n) is 3.64. The van der Waals surface area contributed by atoms with Crippen LogP contribution in [0.25, 0.3) is 16.9 Å². The highest BCUT2D eigenvalue weighted by molar-refractivity contribution is 6.30. The van der Waals surface area contributed by atoms with Crippen LogP contribution in [-0.2, 0) is 0 Å². The van der Waals surface area contributed by atoms with Gasteiger partial charge in [-0.05, 0) is 55.7 Å². The summed E-state index contributed by atoms with van der Waals surface area (Å²) in [7, 11) is 0. The van der Waals surface area contributed by atoms with E-state index in [1.807, 2.05) is 49.4 Å². The summed E-state index contributed by atoms with van der Waals surface area (Å²) in [6.07, 6.45) is 4.56. The van der Waals surface area contributed by atoms with Gasteiger partial charge in [0, 0.05) is 22.9 Å². The zero-order valence-corrected chi connectivity index (χ0v) is 18.2. The normalized spacial score (nSPS) is 10.9. The lowest BCUT2D eigenvalue weighted by Crippen LogP contribution is -2.24. The standard InChI is InChI=1S/C25H29ClN2O/c1-4-5-6-9-16-27-25(29)22-17-24(20-12-14-21(26)15-13-20)28(19(22)3)23-11-8-7-10-18(23)2/h7-8,10-15,17H,4-6,9,16H2,1-3H3,(H,27,29). The van der Waals surface area contributed by atoms with Crippen LogP contribution in [0.3, 0.4) is 0 Å². The molecule has 3 aromatic rings. The van der Waals surface area contributed by atoms with Crippen LogP contribution in [-0.4, -0.2) is 17.0 Å². The second-order valence-corrected chi connectivity index (χ2v) is 7.91. The molecule has 0 fully saturated rings. The number of nitrogens with zero attached hydrogens (tertiary/aromatic N) is 1. The number of rotatable bonds is 8. The SMILES string of the molecule is CCCCCCNC(=O)c1cc(-c2ccc(Cl)cc2)n(-c2ccccc2C)c1C. The van der Waals surface area contributed by atoms with Crippen LogP contribution in [0.15, 0.2) is 54.6 Å². The van der Waals surface area contributed by atoms with Crippen molar-refractivity contribution in [3.63, 3.8) is 0 Å². The number of benzene rings is 2. The van der Waals surface area contributed by atoms with E-state index in [0.717, 1.165) is 41.0 Å². The van der Waals surface area contributed by atoms with Crippen LogP contribution in [0.5, 0.6) is 0 Å². The lowest BCUT2D eigenvalue weighted by atomic mass is 10.1. The molecule has 0 unspecified atom stereocenters. The number of unbranched alkanes of at least 4 members (excludes halogenated alkanes) is 3. The first kappa shape index (κ1) is 21.2. The number of aryl methyl sites for hydroxylation is 1. The largest absolute Gasteiger partial charge is 0.352 e. The minimum Gasteiger partial charge on any atom is -0.352 e. The third kappa shape index (κ3) is 4.91. The molecule has 4 heteroatoms. The topological polar surface area (TPSA) is 34.0 Å². The van der Waals surface area contributed by atoms with Crippen LogP contribution in [0.1, 0.15) is 54.2 Å². The summed E-state index contributed by atoms with van der Waals surface area (Å²) in [6.45, 7) is 7.00. The lowest BCUT2D eigenvalue weighted by Gasteiger charge is -2.15. The Hall–Kier alpha value is -2.52. The van der Waals surface area contributed by atoms with Gasteiger partial charge in [0.2, 0.25) is 0 Å². The molecule has 1 N–H and O–H groups in total. The summed E-state index contributed by atoms with van der Waals surface area (Å²) >= 11 is 6.09. The van der Waals surface area contributed by atoms with Crippen LogP contribution >= 0.6 is 11.6 Å². The Bertz CT molecular complexity index is 973. The fraction of sp³-hybridized carbons (Fsp3) is 0.320.